The Morgan fingerprint density at radius 1 is 1.00 bits per heavy atom. The van der Waals surface area contributed by atoms with Gasteiger partial charge in [0.1, 0.15) is 5.69 Å². The van der Waals surface area contributed by atoms with Gasteiger partial charge in [0, 0.05) is 5.56 Å². The molecule has 20 heavy (non-hydrogen) atoms. The molecule has 0 saturated heterocycles. The van der Waals surface area contributed by atoms with Gasteiger partial charge in [-0.2, -0.15) is 0 Å². The molecule has 0 saturated carbocycles. The first kappa shape index (κ1) is 15.7. The van der Waals surface area contributed by atoms with Crippen LogP contribution in [0.1, 0.15) is 43.7 Å². The van der Waals surface area contributed by atoms with Crippen LogP contribution in [0.3, 0.4) is 0 Å². The molecule has 0 aliphatic rings. The maximum Gasteiger partial charge on any atom is 0.322 e. The summed E-state index contributed by atoms with van der Waals surface area (Å²) in [4.78, 5) is 20.9. The Morgan fingerprint density at radius 3 is 1.80 bits per heavy atom. The number of nitro groups is 2. The Balaban J connectivity index is 3.85. The van der Waals surface area contributed by atoms with E-state index in [1.807, 2.05) is 13.8 Å². The molecule has 1 rings (SSSR count). The summed E-state index contributed by atoms with van der Waals surface area (Å²) in [6.45, 7) is 5.35. The van der Waals surface area contributed by atoms with Crippen LogP contribution in [0.2, 0.25) is 0 Å². The van der Waals surface area contributed by atoms with Crippen molar-refractivity contribution in [3.8, 4) is 0 Å². The Bertz CT molecular complexity index is 567. The molecule has 1 aromatic rings. The summed E-state index contributed by atoms with van der Waals surface area (Å²) in [5.74, 6) is -0.110. The van der Waals surface area contributed by atoms with Gasteiger partial charge in [-0.25, -0.2) is 0 Å². The standard InChI is InChI=1S/C12H18N4O4/c1-4-7(5-2)8-6(3)9(13)12(16(19)20)10(14)11(8)15(17)18/h7H,4-5,13-14H2,1-3H3. The molecule has 0 radical (unpaired) electrons. The molecule has 110 valence electrons. The molecule has 0 aliphatic carbocycles. The Kier molecular flexibility index (Phi) is 4.49. The van der Waals surface area contributed by atoms with Crippen molar-refractivity contribution in [2.24, 2.45) is 0 Å². The lowest BCUT2D eigenvalue weighted by Gasteiger charge is -2.18. The Morgan fingerprint density at radius 2 is 1.45 bits per heavy atom. The minimum atomic E-state index is -0.776. The summed E-state index contributed by atoms with van der Waals surface area (Å²) >= 11 is 0. The summed E-state index contributed by atoms with van der Waals surface area (Å²) in [6.07, 6.45) is 1.32. The van der Waals surface area contributed by atoms with Crippen LogP contribution in [0.4, 0.5) is 22.7 Å². The average Bonchev–Trinajstić information content (AvgIpc) is 2.35. The van der Waals surface area contributed by atoms with Gasteiger partial charge in [-0.05, 0) is 31.2 Å². The fourth-order valence-corrected chi connectivity index (χ4v) is 2.49. The van der Waals surface area contributed by atoms with Crippen molar-refractivity contribution < 1.29 is 9.85 Å². The number of rotatable bonds is 5. The van der Waals surface area contributed by atoms with E-state index in [1.165, 1.54) is 0 Å². The van der Waals surface area contributed by atoms with Crippen molar-refractivity contribution in [1.82, 2.24) is 0 Å². The fourth-order valence-electron chi connectivity index (χ4n) is 2.49. The topological polar surface area (TPSA) is 138 Å². The average molecular weight is 282 g/mol. The number of benzene rings is 1. The highest BCUT2D eigenvalue weighted by Gasteiger charge is 2.34. The monoisotopic (exact) mass is 282 g/mol. The molecule has 0 fully saturated rings. The zero-order valence-corrected chi connectivity index (χ0v) is 11.7. The van der Waals surface area contributed by atoms with Crippen LogP contribution in [-0.4, -0.2) is 9.85 Å². The zero-order valence-electron chi connectivity index (χ0n) is 11.7. The molecule has 0 aromatic heterocycles. The second-order valence-corrected chi connectivity index (χ2v) is 4.59. The number of hydrogen-bond acceptors (Lipinski definition) is 6. The second kappa shape index (κ2) is 5.72. The van der Waals surface area contributed by atoms with Crippen LogP contribution >= 0.6 is 0 Å². The molecule has 8 heteroatoms. The molecule has 1 aromatic carbocycles. The van der Waals surface area contributed by atoms with E-state index < -0.39 is 26.9 Å². The molecule has 0 bridgehead atoms. The maximum atomic E-state index is 11.3. The van der Waals surface area contributed by atoms with Crippen molar-refractivity contribution in [3.05, 3.63) is 31.4 Å². The van der Waals surface area contributed by atoms with Crippen LogP contribution < -0.4 is 11.5 Å². The molecule has 0 spiro atoms. The third kappa shape index (κ3) is 2.36. The first-order valence-electron chi connectivity index (χ1n) is 6.27. The Hall–Kier alpha value is -2.38. The normalized spacial score (nSPS) is 10.8. The molecule has 8 nitrogen and oxygen atoms in total. The molecular weight excluding hydrogens is 264 g/mol. The van der Waals surface area contributed by atoms with Crippen LogP contribution in [0.25, 0.3) is 0 Å². The summed E-state index contributed by atoms with van der Waals surface area (Å²) in [5.41, 5.74) is 10.6. The van der Waals surface area contributed by atoms with E-state index in [0.29, 0.717) is 24.0 Å². The molecule has 0 aliphatic heterocycles. The summed E-state index contributed by atoms with van der Waals surface area (Å²) in [5, 5.41) is 22.3. The lowest BCUT2D eigenvalue weighted by Crippen LogP contribution is -2.12. The summed E-state index contributed by atoms with van der Waals surface area (Å²) in [6, 6.07) is 0. The maximum absolute atomic E-state index is 11.3. The van der Waals surface area contributed by atoms with E-state index in [2.05, 4.69) is 0 Å². The van der Waals surface area contributed by atoms with Crippen LogP contribution in [-0.2, 0) is 0 Å². The quantitative estimate of drug-likeness (QED) is 0.483. The van der Waals surface area contributed by atoms with Gasteiger partial charge < -0.3 is 11.5 Å². The minimum Gasteiger partial charge on any atom is -0.393 e. The van der Waals surface area contributed by atoms with Crippen LogP contribution in [0.15, 0.2) is 0 Å². The van der Waals surface area contributed by atoms with E-state index in [4.69, 9.17) is 11.5 Å². The molecular formula is C12H18N4O4. The first-order chi connectivity index (χ1) is 9.27. The van der Waals surface area contributed by atoms with Crippen molar-refractivity contribution in [2.45, 2.75) is 39.5 Å². The number of nitrogen functional groups attached to an aromatic ring is 2. The first-order valence-corrected chi connectivity index (χ1v) is 6.27. The van der Waals surface area contributed by atoms with Gasteiger partial charge in [0.2, 0.25) is 0 Å². The smallest absolute Gasteiger partial charge is 0.322 e. The highest BCUT2D eigenvalue weighted by Crippen LogP contribution is 2.46. The Labute approximate surface area is 116 Å². The molecule has 0 unspecified atom stereocenters. The lowest BCUT2D eigenvalue weighted by molar-refractivity contribution is -0.392. The fraction of sp³-hybridized carbons (Fsp3) is 0.500. The largest absolute Gasteiger partial charge is 0.393 e. The van der Waals surface area contributed by atoms with Gasteiger partial charge >= 0.3 is 11.4 Å². The van der Waals surface area contributed by atoms with Crippen LogP contribution in [0, 0.1) is 27.2 Å². The van der Waals surface area contributed by atoms with Gasteiger partial charge in [0.15, 0.2) is 5.69 Å². The van der Waals surface area contributed by atoms with E-state index in [9.17, 15) is 20.2 Å². The molecule has 0 atom stereocenters. The number of hydrogen-bond donors (Lipinski definition) is 2. The number of nitro benzene ring substituents is 2. The third-order valence-electron chi connectivity index (χ3n) is 3.59. The van der Waals surface area contributed by atoms with Crippen molar-refractivity contribution in [1.29, 1.82) is 0 Å². The van der Waals surface area contributed by atoms with Crippen molar-refractivity contribution in [2.75, 3.05) is 11.5 Å². The number of nitrogens with two attached hydrogens (primary N) is 2. The second-order valence-electron chi connectivity index (χ2n) is 4.59. The van der Waals surface area contributed by atoms with E-state index >= 15 is 0 Å². The predicted octanol–water partition coefficient (Wildman–Crippen LogP) is 2.88. The van der Waals surface area contributed by atoms with E-state index in [-0.39, 0.29) is 11.6 Å². The van der Waals surface area contributed by atoms with Crippen molar-refractivity contribution >= 4 is 22.7 Å². The number of nitrogens with zero attached hydrogens (tertiary/aromatic N) is 2. The molecule has 4 N–H and O–H groups in total. The lowest BCUT2D eigenvalue weighted by atomic mass is 9.87. The van der Waals surface area contributed by atoms with Crippen LogP contribution in [0.5, 0.6) is 0 Å². The van der Waals surface area contributed by atoms with Gasteiger partial charge in [-0.3, -0.25) is 20.2 Å². The van der Waals surface area contributed by atoms with Gasteiger partial charge in [0.05, 0.1) is 9.85 Å². The highest BCUT2D eigenvalue weighted by atomic mass is 16.6. The number of anilines is 2. The van der Waals surface area contributed by atoms with E-state index in [1.54, 1.807) is 6.92 Å². The summed E-state index contributed by atoms with van der Waals surface area (Å²) in [7, 11) is 0. The van der Waals surface area contributed by atoms with Crippen molar-refractivity contribution in [3.63, 3.8) is 0 Å². The molecule has 0 amide bonds. The highest BCUT2D eigenvalue weighted by molar-refractivity contribution is 5.86. The van der Waals surface area contributed by atoms with E-state index in [0.717, 1.165) is 0 Å². The van der Waals surface area contributed by atoms with Gasteiger partial charge in [0.25, 0.3) is 0 Å². The van der Waals surface area contributed by atoms with Gasteiger partial charge in [-0.1, -0.05) is 13.8 Å². The molecule has 0 heterocycles. The predicted molar refractivity (Wildman–Crippen MR) is 76.6 cm³/mol. The summed E-state index contributed by atoms with van der Waals surface area (Å²) < 4.78 is 0. The van der Waals surface area contributed by atoms with Gasteiger partial charge in [-0.15, -0.1) is 0 Å². The SMILES string of the molecule is CCC(CC)c1c(C)c(N)c([N+](=O)[O-])c(N)c1[N+](=O)[O-]. The third-order valence-corrected chi connectivity index (χ3v) is 3.59. The minimum absolute atomic E-state index is 0.0972. The zero-order chi connectivity index (χ0) is 15.6.